The van der Waals surface area contributed by atoms with Crippen LogP contribution in [0.15, 0.2) is 146 Å². The van der Waals surface area contributed by atoms with Crippen molar-refractivity contribution in [3.05, 3.63) is 157 Å². The zero-order chi connectivity index (χ0) is 35.3. The molecule has 0 aliphatic carbocycles. The molecule has 6 aromatic carbocycles. The largest absolute Gasteiger partial charge is 0.417 e. The first-order valence-electron chi connectivity index (χ1n) is 15.8. The minimum atomic E-state index is -4.72. The van der Waals surface area contributed by atoms with Gasteiger partial charge in [0, 0.05) is 33.2 Å². The van der Waals surface area contributed by atoms with Gasteiger partial charge < -0.3 is 4.57 Å². The maximum absolute atomic E-state index is 14.6. The molecule has 8 rings (SSSR count). The molecule has 0 atom stereocenters. The number of aromatic nitrogens is 4. The minimum Gasteiger partial charge on any atom is -0.309 e. The van der Waals surface area contributed by atoms with E-state index in [1.807, 2.05) is 60.7 Å². The number of rotatable bonds is 5. The first-order valence-corrected chi connectivity index (χ1v) is 15.8. The molecule has 0 aliphatic rings. The molecule has 0 saturated heterocycles. The van der Waals surface area contributed by atoms with E-state index in [0.717, 1.165) is 18.2 Å². The minimum absolute atomic E-state index is 0.128. The summed E-state index contributed by atoms with van der Waals surface area (Å²) in [6.45, 7) is 0. The Kier molecular flexibility index (Phi) is 7.67. The highest BCUT2D eigenvalue weighted by Gasteiger charge is 2.35. The first-order chi connectivity index (χ1) is 24.6. The van der Waals surface area contributed by atoms with Crippen molar-refractivity contribution in [3.8, 4) is 51.0 Å². The van der Waals surface area contributed by atoms with Gasteiger partial charge in [-0.3, -0.25) is 0 Å². The lowest BCUT2D eigenvalue weighted by atomic mass is 9.93. The Morgan fingerprint density at radius 2 is 0.980 bits per heavy atom. The van der Waals surface area contributed by atoms with Crippen molar-refractivity contribution in [1.82, 2.24) is 19.5 Å². The zero-order valence-corrected chi connectivity index (χ0v) is 26.4. The van der Waals surface area contributed by atoms with Crippen molar-refractivity contribution < 1.29 is 26.3 Å². The van der Waals surface area contributed by atoms with Gasteiger partial charge in [-0.2, -0.15) is 26.3 Å². The summed E-state index contributed by atoms with van der Waals surface area (Å²) < 4.78 is 87.4. The average molecular weight is 687 g/mol. The molecule has 0 unspecified atom stereocenters. The summed E-state index contributed by atoms with van der Waals surface area (Å²) in [5.74, 6) is 0.768. The second kappa shape index (κ2) is 12.2. The third-order valence-corrected chi connectivity index (χ3v) is 8.73. The van der Waals surface area contributed by atoms with Crippen LogP contribution < -0.4 is 0 Å². The fraction of sp³-hybridized carbons (Fsp3) is 0.0488. The molecular weight excluding hydrogens is 662 g/mol. The van der Waals surface area contributed by atoms with Gasteiger partial charge in [0.1, 0.15) is 0 Å². The number of alkyl halides is 6. The molecule has 0 N–H and O–H groups in total. The summed E-state index contributed by atoms with van der Waals surface area (Å²) in [5, 5.41) is 1.26. The molecule has 51 heavy (non-hydrogen) atoms. The van der Waals surface area contributed by atoms with Crippen LogP contribution in [0.4, 0.5) is 26.3 Å². The highest BCUT2D eigenvalue weighted by atomic mass is 19.4. The molecule has 0 spiro atoms. The number of hydrogen-bond acceptors (Lipinski definition) is 3. The van der Waals surface area contributed by atoms with Crippen molar-refractivity contribution in [2.75, 3.05) is 0 Å². The normalized spacial score (nSPS) is 12.1. The highest BCUT2D eigenvalue weighted by molar-refractivity contribution is 6.09. The van der Waals surface area contributed by atoms with Crippen molar-refractivity contribution in [2.24, 2.45) is 0 Å². The molecule has 0 saturated carbocycles. The van der Waals surface area contributed by atoms with Crippen molar-refractivity contribution in [3.63, 3.8) is 0 Å². The Hall–Kier alpha value is -6.29. The Bertz CT molecular complexity index is 2500. The van der Waals surface area contributed by atoms with E-state index >= 15 is 0 Å². The van der Waals surface area contributed by atoms with Crippen LogP contribution in [0.2, 0.25) is 0 Å². The number of fused-ring (bicyclic) bond motifs is 3. The van der Waals surface area contributed by atoms with Crippen LogP contribution in [0.3, 0.4) is 0 Å². The highest BCUT2D eigenvalue weighted by Crippen LogP contribution is 2.43. The third-order valence-electron chi connectivity index (χ3n) is 8.73. The van der Waals surface area contributed by atoms with E-state index in [4.69, 9.17) is 15.0 Å². The molecule has 10 heteroatoms. The molecule has 2 heterocycles. The maximum Gasteiger partial charge on any atom is 0.417 e. The fourth-order valence-corrected chi connectivity index (χ4v) is 6.41. The Balaban J connectivity index is 1.44. The summed E-state index contributed by atoms with van der Waals surface area (Å²) in [4.78, 5) is 14.3. The van der Waals surface area contributed by atoms with E-state index in [1.165, 1.54) is 24.3 Å². The van der Waals surface area contributed by atoms with Crippen LogP contribution in [-0.4, -0.2) is 19.5 Å². The van der Waals surface area contributed by atoms with Crippen LogP contribution >= 0.6 is 0 Å². The summed E-state index contributed by atoms with van der Waals surface area (Å²) in [7, 11) is 0. The SMILES string of the molecule is FC(F)(F)c1ccc2c3ccccc3n(-c3ccc(-c4nc(-c5ccccc5)nc(-c5ccccc5)n4)c(-c4ccccc4C(F)(F)F)c3)c2c1. The topological polar surface area (TPSA) is 43.6 Å². The molecule has 0 radical (unpaired) electrons. The van der Waals surface area contributed by atoms with Crippen molar-refractivity contribution in [1.29, 1.82) is 0 Å². The number of hydrogen-bond donors (Lipinski definition) is 0. The molecule has 0 aliphatic heterocycles. The Morgan fingerprint density at radius 1 is 0.412 bits per heavy atom. The van der Waals surface area contributed by atoms with Gasteiger partial charge in [-0.05, 0) is 53.6 Å². The molecule has 8 aromatic rings. The summed E-state index contributed by atoms with van der Waals surface area (Å²) in [6.07, 6.45) is -9.33. The van der Waals surface area contributed by atoms with Crippen LogP contribution in [-0.2, 0) is 12.4 Å². The summed E-state index contributed by atoms with van der Waals surface area (Å²) in [6, 6.07) is 39.0. The van der Waals surface area contributed by atoms with Crippen LogP contribution in [0.25, 0.3) is 72.8 Å². The molecule has 0 amide bonds. The van der Waals surface area contributed by atoms with E-state index in [2.05, 4.69) is 0 Å². The van der Waals surface area contributed by atoms with Gasteiger partial charge in [0.2, 0.25) is 0 Å². The quantitative estimate of drug-likeness (QED) is 0.169. The van der Waals surface area contributed by atoms with Gasteiger partial charge in [0.25, 0.3) is 0 Å². The molecule has 250 valence electrons. The van der Waals surface area contributed by atoms with E-state index in [0.29, 0.717) is 44.8 Å². The smallest absolute Gasteiger partial charge is 0.309 e. The fourth-order valence-electron chi connectivity index (χ4n) is 6.41. The van der Waals surface area contributed by atoms with Gasteiger partial charge >= 0.3 is 12.4 Å². The lowest BCUT2D eigenvalue weighted by Crippen LogP contribution is -2.08. The Morgan fingerprint density at radius 3 is 1.63 bits per heavy atom. The number of halogens is 6. The maximum atomic E-state index is 14.6. The van der Waals surface area contributed by atoms with Crippen molar-refractivity contribution >= 4 is 21.8 Å². The summed E-state index contributed by atoms with van der Waals surface area (Å²) >= 11 is 0. The van der Waals surface area contributed by atoms with Crippen LogP contribution in [0.1, 0.15) is 11.1 Å². The van der Waals surface area contributed by atoms with Crippen molar-refractivity contribution in [2.45, 2.75) is 12.4 Å². The first kappa shape index (κ1) is 31.9. The molecule has 0 bridgehead atoms. The third kappa shape index (κ3) is 5.88. The predicted molar refractivity (Wildman–Crippen MR) is 186 cm³/mol. The van der Waals surface area contributed by atoms with Gasteiger partial charge in [-0.25, -0.2) is 15.0 Å². The van der Waals surface area contributed by atoms with Crippen LogP contribution in [0, 0.1) is 0 Å². The predicted octanol–water partition coefficient (Wildman–Crippen LogP) is 11.7. The monoisotopic (exact) mass is 686 g/mol. The van der Waals surface area contributed by atoms with Gasteiger partial charge in [-0.15, -0.1) is 0 Å². The average Bonchev–Trinajstić information content (AvgIpc) is 3.48. The summed E-state index contributed by atoms with van der Waals surface area (Å²) in [5.41, 5.74) is 1.12. The number of benzene rings is 6. The second-order valence-electron chi connectivity index (χ2n) is 11.9. The molecule has 4 nitrogen and oxygen atoms in total. The lowest BCUT2D eigenvalue weighted by molar-refractivity contribution is -0.138. The van der Waals surface area contributed by atoms with E-state index in [9.17, 15) is 26.3 Å². The molecule has 0 fully saturated rings. The number of para-hydroxylation sites is 1. The van der Waals surface area contributed by atoms with Gasteiger partial charge in [-0.1, -0.05) is 103 Å². The standard InChI is InChI=1S/C41H24F6N4/c42-40(43,44)27-19-21-31-30-16-8-10-18-35(30)51(36(31)23-27)28-20-22-32(33(24-28)29-15-7-9-17-34(29)41(45,46)47)39-49-37(25-11-3-1-4-12-25)48-38(50-39)26-13-5-2-6-14-26/h1-24H. The lowest BCUT2D eigenvalue weighted by Gasteiger charge is -2.18. The zero-order valence-electron chi connectivity index (χ0n) is 26.4. The molecule has 2 aromatic heterocycles. The second-order valence-corrected chi connectivity index (χ2v) is 11.9. The van der Waals surface area contributed by atoms with Crippen LogP contribution in [0.5, 0.6) is 0 Å². The Labute approximate surface area is 287 Å². The van der Waals surface area contributed by atoms with E-state index < -0.39 is 23.5 Å². The van der Waals surface area contributed by atoms with Gasteiger partial charge in [0.15, 0.2) is 17.5 Å². The van der Waals surface area contributed by atoms with E-state index in [-0.39, 0.29) is 28.0 Å². The number of nitrogens with zero attached hydrogens (tertiary/aromatic N) is 4. The van der Waals surface area contributed by atoms with Gasteiger partial charge in [0.05, 0.1) is 22.2 Å². The molecular formula is C41H24F6N4. The van der Waals surface area contributed by atoms with E-state index in [1.54, 1.807) is 47.0 Å².